The predicted molar refractivity (Wildman–Crippen MR) is 95.6 cm³/mol. The number of aryl methyl sites for hydroxylation is 1. The summed E-state index contributed by atoms with van der Waals surface area (Å²) < 4.78 is 5.30. The van der Waals surface area contributed by atoms with Crippen molar-refractivity contribution >= 4 is 27.9 Å². The summed E-state index contributed by atoms with van der Waals surface area (Å²) in [6, 6.07) is 7.42. The number of anilines is 2. The molecule has 0 saturated carbocycles. The first-order valence-corrected chi connectivity index (χ1v) is 8.86. The first-order chi connectivity index (χ1) is 11.2. The highest BCUT2D eigenvalue weighted by Gasteiger charge is 2.23. The Morgan fingerprint density at radius 3 is 2.70 bits per heavy atom. The lowest BCUT2D eigenvalue weighted by atomic mass is 9.96. The number of rotatable bonds is 3. The van der Waals surface area contributed by atoms with Crippen molar-refractivity contribution in [3.63, 3.8) is 0 Å². The van der Waals surface area contributed by atoms with Gasteiger partial charge in [0.15, 0.2) is 0 Å². The lowest BCUT2D eigenvalue weighted by molar-refractivity contribution is 0.102. The zero-order valence-electron chi connectivity index (χ0n) is 13.4. The van der Waals surface area contributed by atoms with Crippen LogP contribution in [0.5, 0.6) is 5.75 Å². The Hall–Kier alpha value is -2.01. The Labute approximate surface area is 140 Å². The number of hydrogen-bond donors (Lipinski definition) is 2. The monoisotopic (exact) mass is 330 g/mol. The third-order valence-corrected chi connectivity index (χ3v) is 5.40. The fourth-order valence-corrected chi connectivity index (χ4v) is 4.28. The maximum atomic E-state index is 12.8. The van der Waals surface area contributed by atoms with E-state index in [0.717, 1.165) is 24.8 Å². The molecule has 3 rings (SSSR count). The summed E-state index contributed by atoms with van der Waals surface area (Å²) in [5, 5.41) is 3.58. The average Bonchev–Trinajstić information content (AvgIpc) is 2.83. The Morgan fingerprint density at radius 1 is 1.17 bits per heavy atom. The summed E-state index contributed by atoms with van der Waals surface area (Å²) in [6.07, 6.45) is 6.77. The number of thiophene rings is 1. The molecule has 0 fully saturated rings. The van der Waals surface area contributed by atoms with Crippen molar-refractivity contribution in [3.05, 3.63) is 40.3 Å². The van der Waals surface area contributed by atoms with Crippen LogP contribution in [0.1, 0.15) is 46.5 Å². The Balaban J connectivity index is 1.90. The van der Waals surface area contributed by atoms with E-state index in [2.05, 4.69) is 5.32 Å². The molecule has 0 bridgehead atoms. The molecule has 3 N–H and O–H groups in total. The van der Waals surface area contributed by atoms with Gasteiger partial charge in [-0.3, -0.25) is 4.79 Å². The van der Waals surface area contributed by atoms with Crippen molar-refractivity contribution in [2.75, 3.05) is 18.2 Å². The van der Waals surface area contributed by atoms with E-state index in [4.69, 9.17) is 10.5 Å². The minimum Gasteiger partial charge on any atom is -0.495 e. The second-order valence-corrected chi connectivity index (χ2v) is 6.95. The van der Waals surface area contributed by atoms with Gasteiger partial charge >= 0.3 is 0 Å². The Bertz CT molecular complexity index is 709. The van der Waals surface area contributed by atoms with Gasteiger partial charge in [0, 0.05) is 4.88 Å². The van der Waals surface area contributed by atoms with E-state index < -0.39 is 0 Å². The number of amides is 1. The quantitative estimate of drug-likeness (QED) is 0.884. The SMILES string of the molecule is COc1ccccc1NC(=O)c1c(N)sc2c1CCCCCC2. The van der Waals surface area contributed by atoms with Crippen LogP contribution in [0.4, 0.5) is 10.7 Å². The highest BCUT2D eigenvalue weighted by molar-refractivity contribution is 7.16. The lowest BCUT2D eigenvalue weighted by Gasteiger charge is -2.13. The first-order valence-electron chi connectivity index (χ1n) is 8.05. The predicted octanol–water partition coefficient (Wildman–Crippen LogP) is 4.25. The molecule has 0 aliphatic heterocycles. The van der Waals surface area contributed by atoms with Crippen LogP contribution in [0.25, 0.3) is 0 Å². The van der Waals surface area contributed by atoms with Crippen molar-refractivity contribution in [3.8, 4) is 5.75 Å². The second-order valence-electron chi connectivity index (χ2n) is 5.81. The van der Waals surface area contributed by atoms with Gasteiger partial charge in [-0.05, 0) is 43.4 Å². The number of nitrogen functional groups attached to an aromatic ring is 1. The number of nitrogens with one attached hydrogen (secondary N) is 1. The van der Waals surface area contributed by atoms with E-state index in [-0.39, 0.29) is 5.91 Å². The molecular weight excluding hydrogens is 308 g/mol. The molecule has 0 radical (unpaired) electrons. The van der Waals surface area contributed by atoms with E-state index in [9.17, 15) is 4.79 Å². The zero-order valence-corrected chi connectivity index (χ0v) is 14.2. The Morgan fingerprint density at radius 2 is 1.91 bits per heavy atom. The number of carbonyl (C=O) groups excluding carboxylic acids is 1. The molecule has 2 aromatic rings. The highest BCUT2D eigenvalue weighted by atomic mass is 32.1. The number of ether oxygens (including phenoxy) is 1. The van der Waals surface area contributed by atoms with Crippen LogP contribution >= 0.6 is 11.3 Å². The molecule has 0 atom stereocenters. The number of carbonyl (C=O) groups is 1. The van der Waals surface area contributed by atoms with Crippen molar-refractivity contribution < 1.29 is 9.53 Å². The molecule has 1 aliphatic carbocycles. The molecule has 1 aromatic heterocycles. The summed E-state index contributed by atoms with van der Waals surface area (Å²) in [5.41, 5.74) is 8.66. The van der Waals surface area contributed by atoms with E-state index in [1.54, 1.807) is 18.4 Å². The molecule has 4 nitrogen and oxygen atoms in total. The van der Waals surface area contributed by atoms with Crippen LogP contribution in [-0.4, -0.2) is 13.0 Å². The summed E-state index contributed by atoms with van der Waals surface area (Å²) in [5.74, 6) is 0.516. The normalized spacial score (nSPS) is 14.5. The van der Waals surface area contributed by atoms with E-state index in [1.807, 2.05) is 24.3 Å². The number of fused-ring (bicyclic) bond motifs is 1. The molecule has 122 valence electrons. The lowest BCUT2D eigenvalue weighted by Crippen LogP contribution is -2.16. The van der Waals surface area contributed by atoms with Gasteiger partial charge in [-0.15, -0.1) is 11.3 Å². The molecule has 1 aromatic carbocycles. The second kappa shape index (κ2) is 7.04. The van der Waals surface area contributed by atoms with E-state index in [1.165, 1.54) is 24.1 Å². The van der Waals surface area contributed by atoms with Crippen molar-refractivity contribution in [2.24, 2.45) is 0 Å². The van der Waals surface area contributed by atoms with Crippen molar-refractivity contribution in [2.45, 2.75) is 38.5 Å². The van der Waals surface area contributed by atoms with Crippen LogP contribution in [-0.2, 0) is 12.8 Å². The first kappa shape index (κ1) is 15.9. The van der Waals surface area contributed by atoms with Crippen LogP contribution in [0.3, 0.4) is 0 Å². The van der Waals surface area contributed by atoms with Crippen molar-refractivity contribution in [1.29, 1.82) is 0 Å². The van der Waals surface area contributed by atoms with E-state index in [0.29, 0.717) is 22.0 Å². The smallest absolute Gasteiger partial charge is 0.259 e. The maximum absolute atomic E-state index is 12.8. The molecule has 0 saturated heterocycles. The van der Waals surface area contributed by atoms with Crippen LogP contribution < -0.4 is 15.8 Å². The van der Waals surface area contributed by atoms with Gasteiger partial charge in [0.1, 0.15) is 5.75 Å². The van der Waals surface area contributed by atoms with Gasteiger partial charge in [0.2, 0.25) is 0 Å². The van der Waals surface area contributed by atoms with Gasteiger partial charge in [0.25, 0.3) is 5.91 Å². The Kier molecular flexibility index (Phi) is 4.86. The number of para-hydroxylation sites is 2. The topological polar surface area (TPSA) is 64.3 Å². The van der Waals surface area contributed by atoms with Gasteiger partial charge < -0.3 is 15.8 Å². The average molecular weight is 330 g/mol. The number of hydrogen-bond acceptors (Lipinski definition) is 4. The molecular formula is C18H22N2O2S. The number of nitrogens with two attached hydrogens (primary N) is 1. The fraction of sp³-hybridized carbons (Fsp3) is 0.389. The summed E-state index contributed by atoms with van der Waals surface area (Å²) >= 11 is 1.57. The van der Waals surface area contributed by atoms with Gasteiger partial charge in [-0.25, -0.2) is 0 Å². The molecule has 1 aliphatic rings. The molecule has 0 spiro atoms. The van der Waals surface area contributed by atoms with E-state index >= 15 is 0 Å². The maximum Gasteiger partial charge on any atom is 0.259 e. The summed E-state index contributed by atoms with van der Waals surface area (Å²) in [7, 11) is 1.60. The van der Waals surface area contributed by atoms with Gasteiger partial charge in [-0.2, -0.15) is 0 Å². The molecule has 1 amide bonds. The molecule has 1 heterocycles. The van der Waals surface area contributed by atoms with Gasteiger partial charge in [-0.1, -0.05) is 25.0 Å². The van der Waals surface area contributed by atoms with Crippen molar-refractivity contribution in [1.82, 2.24) is 0 Å². The zero-order chi connectivity index (χ0) is 16.2. The fourth-order valence-electron chi connectivity index (χ4n) is 3.12. The van der Waals surface area contributed by atoms with Crippen LogP contribution in [0, 0.1) is 0 Å². The molecule has 23 heavy (non-hydrogen) atoms. The third-order valence-electron chi connectivity index (χ3n) is 4.28. The molecule has 5 heteroatoms. The van der Waals surface area contributed by atoms with Gasteiger partial charge in [0.05, 0.1) is 23.4 Å². The van der Waals surface area contributed by atoms with Crippen LogP contribution in [0.15, 0.2) is 24.3 Å². The largest absolute Gasteiger partial charge is 0.495 e. The standard InChI is InChI=1S/C18H22N2O2S/c1-22-14-10-7-6-9-13(14)20-18(21)16-12-8-4-2-3-5-11-15(12)23-17(16)19/h6-7,9-10H,2-5,8,11,19H2,1H3,(H,20,21). The minimum atomic E-state index is -0.134. The minimum absolute atomic E-state index is 0.134. The summed E-state index contributed by atoms with van der Waals surface area (Å²) in [6.45, 7) is 0. The summed E-state index contributed by atoms with van der Waals surface area (Å²) in [4.78, 5) is 14.1. The highest BCUT2D eigenvalue weighted by Crippen LogP contribution is 2.36. The molecule has 0 unspecified atom stereocenters. The number of methoxy groups -OCH3 is 1. The third kappa shape index (κ3) is 3.34. The number of benzene rings is 1. The van der Waals surface area contributed by atoms with Crippen LogP contribution in [0.2, 0.25) is 0 Å².